The van der Waals surface area contributed by atoms with Gasteiger partial charge in [0.05, 0.1) is 0 Å². The van der Waals surface area contributed by atoms with Crippen LogP contribution in [0.1, 0.15) is 11.1 Å². The fraction of sp³-hybridized carbons (Fsp3) is 0.250. The van der Waals surface area contributed by atoms with Crippen molar-refractivity contribution in [3.05, 3.63) is 28.3 Å². The van der Waals surface area contributed by atoms with Crippen molar-refractivity contribution in [2.45, 2.75) is 13.8 Å². The number of halogens is 1. The minimum atomic E-state index is 0.794. The van der Waals surface area contributed by atoms with Gasteiger partial charge in [0.15, 0.2) is 0 Å². The third kappa shape index (κ3) is 1.31. The number of hydrogen-bond acceptors (Lipinski definition) is 0. The van der Waals surface area contributed by atoms with E-state index in [4.69, 9.17) is 11.6 Å². The van der Waals surface area contributed by atoms with Gasteiger partial charge in [-0.1, -0.05) is 11.6 Å². The Hall–Kier alpha value is -0.530. The highest BCUT2D eigenvalue weighted by Gasteiger charge is 2.01. The van der Waals surface area contributed by atoms with Crippen molar-refractivity contribution in [3.63, 3.8) is 0 Å². The van der Waals surface area contributed by atoms with Crippen LogP contribution in [0.25, 0.3) is 0 Å². The predicted molar refractivity (Wildman–Crippen MR) is 43.5 cm³/mol. The lowest BCUT2D eigenvalue weighted by molar-refractivity contribution is -0.256. The third-order valence-electron chi connectivity index (χ3n) is 1.66. The molecule has 0 aliphatic carbocycles. The monoisotopic (exact) mass is 156 g/mol. The van der Waals surface area contributed by atoms with E-state index in [0.717, 1.165) is 21.8 Å². The molecule has 0 unspecified atom stereocenters. The van der Waals surface area contributed by atoms with E-state index in [0.29, 0.717) is 0 Å². The normalized spacial score (nSPS) is 10.0. The number of benzene rings is 1. The van der Waals surface area contributed by atoms with Gasteiger partial charge in [-0.15, -0.1) is 0 Å². The maximum Gasteiger partial charge on any atom is 0.133 e. The molecule has 0 fully saturated rings. The molecule has 2 heteroatoms. The van der Waals surface area contributed by atoms with Crippen LogP contribution in [-0.2, 0) is 0 Å². The average molecular weight is 157 g/mol. The first kappa shape index (κ1) is 7.58. The topological polar surface area (TPSA) is 27.6 Å². The molecule has 1 rings (SSSR count). The highest BCUT2D eigenvalue weighted by molar-refractivity contribution is 6.30. The second-order valence-electron chi connectivity index (χ2n) is 2.52. The summed E-state index contributed by atoms with van der Waals surface area (Å²) in [5.74, 6) is 0. The molecule has 0 aliphatic rings. The minimum Gasteiger partial charge on any atom is -0.325 e. The summed E-state index contributed by atoms with van der Waals surface area (Å²) < 4.78 is 0. The molecule has 0 spiro atoms. The van der Waals surface area contributed by atoms with Crippen molar-refractivity contribution in [1.82, 2.24) is 0 Å². The zero-order valence-corrected chi connectivity index (χ0v) is 7.00. The van der Waals surface area contributed by atoms with Crippen LogP contribution in [0.2, 0.25) is 5.02 Å². The number of rotatable bonds is 0. The van der Waals surface area contributed by atoms with Crippen LogP contribution < -0.4 is 5.73 Å². The van der Waals surface area contributed by atoms with Crippen LogP contribution in [0, 0.1) is 13.8 Å². The second-order valence-corrected chi connectivity index (χ2v) is 2.95. The summed E-state index contributed by atoms with van der Waals surface area (Å²) in [6.07, 6.45) is 0. The van der Waals surface area contributed by atoms with Gasteiger partial charge in [-0.05, 0) is 26.0 Å². The Balaban J connectivity index is 3.31. The molecule has 0 aromatic heterocycles. The molecular weight excluding hydrogens is 146 g/mol. The zero-order valence-electron chi connectivity index (χ0n) is 6.24. The van der Waals surface area contributed by atoms with Crippen LogP contribution in [0.5, 0.6) is 0 Å². The molecule has 54 valence electrons. The summed E-state index contributed by atoms with van der Waals surface area (Å²) in [7, 11) is 0. The molecule has 0 heterocycles. The van der Waals surface area contributed by atoms with Gasteiger partial charge in [0, 0.05) is 16.1 Å². The lowest BCUT2D eigenvalue weighted by atomic mass is 10.1. The molecule has 1 nitrogen and oxygen atoms in total. The Bertz CT molecular complexity index is 232. The van der Waals surface area contributed by atoms with E-state index in [1.807, 2.05) is 26.0 Å². The summed E-state index contributed by atoms with van der Waals surface area (Å²) in [5, 5.41) is 0.794. The Morgan fingerprint density at radius 2 is 1.60 bits per heavy atom. The van der Waals surface area contributed by atoms with Gasteiger partial charge in [-0.25, -0.2) is 0 Å². The smallest absolute Gasteiger partial charge is 0.133 e. The van der Waals surface area contributed by atoms with Crippen LogP contribution in [0.3, 0.4) is 0 Å². The first-order valence-electron chi connectivity index (χ1n) is 3.20. The van der Waals surface area contributed by atoms with E-state index < -0.39 is 0 Å². The highest BCUT2D eigenvalue weighted by Crippen LogP contribution is 2.19. The molecule has 0 amide bonds. The van der Waals surface area contributed by atoms with Gasteiger partial charge in [0.1, 0.15) is 5.69 Å². The zero-order chi connectivity index (χ0) is 7.72. The van der Waals surface area contributed by atoms with E-state index in [2.05, 4.69) is 5.73 Å². The van der Waals surface area contributed by atoms with Crippen molar-refractivity contribution in [2.24, 2.45) is 0 Å². The van der Waals surface area contributed by atoms with Gasteiger partial charge < -0.3 is 5.73 Å². The van der Waals surface area contributed by atoms with Gasteiger partial charge >= 0.3 is 0 Å². The van der Waals surface area contributed by atoms with Crippen LogP contribution in [0.4, 0.5) is 5.69 Å². The third-order valence-corrected chi connectivity index (χ3v) is 1.88. The van der Waals surface area contributed by atoms with Crippen molar-refractivity contribution in [1.29, 1.82) is 0 Å². The quantitative estimate of drug-likeness (QED) is 0.594. The Morgan fingerprint density at radius 3 is 2.00 bits per heavy atom. The van der Waals surface area contributed by atoms with Gasteiger partial charge in [-0.2, -0.15) is 0 Å². The SMILES string of the molecule is Cc1cc(Cl)cc(C)c1[NH3+]. The molecule has 0 radical (unpaired) electrons. The van der Waals surface area contributed by atoms with Gasteiger partial charge in [0.25, 0.3) is 0 Å². The standard InChI is InChI=1S/C8H10ClN/c1-5-3-7(9)4-6(2)8(5)10/h3-4H,10H2,1-2H3/p+1. The van der Waals surface area contributed by atoms with Gasteiger partial charge in [0.2, 0.25) is 0 Å². The molecule has 0 aliphatic heterocycles. The summed E-state index contributed by atoms with van der Waals surface area (Å²) in [6.45, 7) is 4.03. The van der Waals surface area contributed by atoms with Crippen LogP contribution in [0.15, 0.2) is 12.1 Å². The molecule has 1 aromatic rings. The Kier molecular flexibility index (Phi) is 1.97. The summed E-state index contributed by atoms with van der Waals surface area (Å²) in [5.41, 5.74) is 7.30. The number of hydrogen-bond donors (Lipinski definition) is 1. The molecule has 1 aromatic carbocycles. The van der Waals surface area contributed by atoms with E-state index in [-0.39, 0.29) is 0 Å². The van der Waals surface area contributed by atoms with E-state index in [1.165, 1.54) is 0 Å². The maximum atomic E-state index is 5.79. The van der Waals surface area contributed by atoms with E-state index in [1.54, 1.807) is 0 Å². The predicted octanol–water partition coefficient (Wildman–Crippen LogP) is 1.83. The lowest BCUT2D eigenvalue weighted by Gasteiger charge is -1.99. The summed E-state index contributed by atoms with van der Waals surface area (Å²) >= 11 is 5.79. The van der Waals surface area contributed by atoms with Crippen molar-refractivity contribution >= 4 is 17.3 Å². The summed E-state index contributed by atoms with van der Waals surface area (Å²) in [4.78, 5) is 0. The Morgan fingerprint density at radius 1 is 1.20 bits per heavy atom. The average Bonchev–Trinajstić information content (AvgIpc) is 1.82. The van der Waals surface area contributed by atoms with Crippen molar-refractivity contribution < 1.29 is 5.73 Å². The number of aryl methyl sites for hydroxylation is 2. The maximum absolute atomic E-state index is 5.79. The second kappa shape index (κ2) is 2.60. The molecular formula is C8H11ClN+. The largest absolute Gasteiger partial charge is 0.325 e. The van der Waals surface area contributed by atoms with Crippen molar-refractivity contribution in [2.75, 3.05) is 0 Å². The molecule has 3 N–H and O–H groups in total. The molecule has 0 saturated heterocycles. The fourth-order valence-corrected chi connectivity index (χ4v) is 1.27. The van der Waals surface area contributed by atoms with E-state index in [9.17, 15) is 0 Å². The van der Waals surface area contributed by atoms with Crippen LogP contribution in [-0.4, -0.2) is 0 Å². The first-order valence-corrected chi connectivity index (χ1v) is 3.58. The first-order chi connectivity index (χ1) is 4.61. The van der Waals surface area contributed by atoms with Crippen LogP contribution >= 0.6 is 11.6 Å². The lowest BCUT2D eigenvalue weighted by Crippen LogP contribution is -2.42. The van der Waals surface area contributed by atoms with Crippen molar-refractivity contribution in [3.8, 4) is 0 Å². The number of quaternary nitrogens is 1. The molecule has 0 saturated carbocycles. The highest BCUT2D eigenvalue weighted by atomic mass is 35.5. The minimum absolute atomic E-state index is 0.794. The molecule has 0 atom stereocenters. The Labute approximate surface area is 65.8 Å². The summed E-state index contributed by atoms with van der Waals surface area (Å²) in [6, 6.07) is 3.85. The van der Waals surface area contributed by atoms with Gasteiger partial charge in [-0.3, -0.25) is 0 Å². The molecule has 0 bridgehead atoms. The van der Waals surface area contributed by atoms with E-state index >= 15 is 0 Å². The fourth-order valence-electron chi connectivity index (χ4n) is 0.941. The molecule has 10 heavy (non-hydrogen) atoms.